The molecule has 0 atom stereocenters. The maximum atomic E-state index is 11.4. The first-order valence-corrected chi connectivity index (χ1v) is 8.13. The number of hydrogen-bond acceptors (Lipinski definition) is 3. The number of rotatable bonds is 5. The summed E-state index contributed by atoms with van der Waals surface area (Å²) in [5, 5.41) is 10.3. The third-order valence-corrected chi connectivity index (χ3v) is 5.24. The van der Waals surface area contributed by atoms with E-state index in [2.05, 4.69) is 18.6 Å². The van der Waals surface area contributed by atoms with Gasteiger partial charge in [0, 0.05) is 12.4 Å². The van der Waals surface area contributed by atoms with Crippen molar-refractivity contribution >= 4 is 21.6 Å². The molecule has 4 nitrogen and oxygen atoms in total. The van der Waals surface area contributed by atoms with Gasteiger partial charge in [0.1, 0.15) is 0 Å². The van der Waals surface area contributed by atoms with Crippen LogP contribution in [0.25, 0.3) is 0 Å². The van der Waals surface area contributed by atoms with Crippen molar-refractivity contribution in [2.24, 2.45) is 5.41 Å². The minimum absolute atomic E-state index is 0.0702. The van der Waals surface area contributed by atoms with Crippen molar-refractivity contribution in [2.75, 3.05) is 18.2 Å². The van der Waals surface area contributed by atoms with Crippen LogP contribution in [0.4, 0.5) is 0 Å². The van der Waals surface area contributed by atoms with Gasteiger partial charge < -0.3 is 5.11 Å². The van der Waals surface area contributed by atoms with E-state index in [1.807, 2.05) is 0 Å². The van der Waals surface area contributed by atoms with E-state index >= 15 is 0 Å². The third kappa shape index (κ3) is 5.12. The van der Waals surface area contributed by atoms with Gasteiger partial charge in [-0.1, -0.05) is 13.8 Å². The fourth-order valence-electron chi connectivity index (χ4n) is 1.99. The molecule has 1 rings (SSSR count). The Balaban J connectivity index is 2.47. The van der Waals surface area contributed by atoms with Gasteiger partial charge in [-0.3, -0.25) is 0 Å². The van der Waals surface area contributed by atoms with Crippen LogP contribution in [0.3, 0.4) is 0 Å². The number of aliphatic hydroxyl groups is 1. The summed E-state index contributed by atoms with van der Waals surface area (Å²) >= 11 is 5.40. The van der Waals surface area contributed by atoms with Crippen LogP contribution < -0.4 is 4.72 Å². The molecule has 0 unspecified atom stereocenters. The molecule has 0 spiro atoms. The van der Waals surface area contributed by atoms with E-state index in [1.165, 1.54) is 0 Å². The number of alkyl halides is 1. The van der Waals surface area contributed by atoms with Crippen LogP contribution in [0, 0.1) is 5.41 Å². The highest BCUT2D eigenvalue weighted by Crippen LogP contribution is 2.39. The summed E-state index contributed by atoms with van der Waals surface area (Å²) in [4.78, 5) is 0. The standard InChI is InChI=1S/C11H22ClNO3S/c1-10(2)3-5-11(14,6-4-10)9-13-17(15,16)8-7-12/h13-14H,3-9H2,1-2H3. The monoisotopic (exact) mass is 283 g/mol. The van der Waals surface area contributed by atoms with Crippen LogP contribution in [0.1, 0.15) is 39.5 Å². The highest BCUT2D eigenvalue weighted by atomic mass is 35.5. The zero-order valence-corrected chi connectivity index (χ0v) is 12.1. The first-order valence-electron chi connectivity index (χ1n) is 5.94. The van der Waals surface area contributed by atoms with E-state index in [0.29, 0.717) is 12.8 Å². The topological polar surface area (TPSA) is 66.4 Å². The van der Waals surface area contributed by atoms with Gasteiger partial charge >= 0.3 is 0 Å². The van der Waals surface area contributed by atoms with Gasteiger partial charge in [-0.05, 0) is 31.1 Å². The van der Waals surface area contributed by atoms with Gasteiger partial charge in [-0.2, -0.15) is 0 Å². The first kappa shape index (κ1) is 15.2. The van der Waals surface area contributed by atoms with Crippen molar-refractivity contribution in [1.82, 2.24) is 4.72 Å². The van der Waals surface area contributed by atoms with E-state index in [4.69, 9.17) is 11.6 Å². The summed E-state index contributed by atoms with van der Waals surface area (Å²) in [5.41, 5.74) is -0.643. The van der Waals surface area contributed by atoms with Crippen molar-refractivity contribution in [3.63, 3.8) is 0 Å². The normalized spacial score (nSPS) is 23.5. The summed E-state index contributed by atoms with van der Waals surface area (Å²) in [6, 6.07) is 0. The molecule has 6 heteroatoms. The zero-order valence-electron chi connectivity index (χ0n) is 10.5. The largest absolute Gasteiger partial charge is 0.389 e. The van der Waals surface area contributed by atoms with Crippen molar-refractivity contribution in [1.29, 1.82) is 0 Å². The quantitative estimate of drug-likeness (QED) is 0.751. The molecule has 0 amide bonds. The zero-order chi connectivity index (χ0) is 13.2. The average molecular weight is 284 g/mol. The lowest BCUT2D eigenvalue weighted by atomic mass is 9.71. The molecule has 1 aliphatic rings. The molecule has 1 aliphatic carbocycles. The molecule has 0 aromatic rings. The molecular weight excluding hydrogens is 262 g/mol. The van der Waals surface area contributed by atoms with Gasteiger partial charge in [0.2, 0.25) is 10.0 Å². The van der Waals surface area contributed by atoms with E-state index in [0.717, 1.165) is 12.8 Å². The predicted molar refractivity (Wildman–Crippen MR) is 69.7 cm³/mol. The predicted octanol–water partition coefficient (Wildman–Crippen LogP) is 1.48. The van der Waals surface area contributed by atoms with Crippen molar-refractivity contribution < 1.29 is 13.5 Å². The number of halogens is 1. The van der Waals surface area contributed by atoms with Crippen LogP contribution in [0.5, 0.6) is 0 Å². The molecule has 0 heterocycles. The molecule has 1 saturated carbocycles. The van der Waals surface area contributed by atoms with Crippen LogP contribution in [-0.4, -0.2) is 37.3 Å². The smallest absolute Gasteiger partial charge is 0.212 e. The highest BCUT2D eigenvalue weighted by Gasteiger charge is 2.37. The van der Waals surface area contributed by atoms with Crippen LogP contribution in [-0.2, 0) is 10.0 Å². The molecule has 102 valence electrons. The van der Waals surface area contributed by atoms with Crippen LogP contribution >= 0.6 is 11.6 Å². The molecule has 2 N–H and O–H groups in total. The fourth-order valence-corrected chi connectivity index (χ4v) is 3.43. The lowest BCUT2D eigenvalue weighted by Crippen LogP contribution is -2.47. The third-order valence-electron chi connectivity index (χ3n) is 3.50. The van der Waals surface area contributed by atoms with E-state index in [-0.39, 0.29) is 23.6 Å². The molecule has 0 saturated heterocycles. The second kappa shape index (κ2) is 5.43. The van der Waals surface area contributed by atoms with Crippen molar-refractivity contribution in [2.45, 2.75) is 45.1 Å². The van der Waals surface area contributed by atoms with E-state index in [9.17, 15) is 13.5 Å². The maximum Gasteiger partial charge on any atom is 0.212 e. The Labute approximate surface area is 109 Å². The molecule has 1 fully saturated rings. The second-order valence-corrected chi connectivity index (χ2v) is 8.02. The Kier molecular flexibility index (Phi) is 4.86. The summed E-state index contributed by atoms with van der Waals surface area (Å²) in [7, 11) is -3.34. The molecule has 0 aromatic carbocycles. The SMILES string of the molecule is CC1(C)CCC(O)(CNS(=O)(=O)CCCl)CC1. The second-order valence-electron chi connectivity index (χ2n) is 5.72. The van der Waals surface area contributed by atoms with Crippen LogP contribution in [0.2, 0.25) is 0 Å². The van der Waals surface area contributed by atoms with Gasteiger partial charge in [0.25, 0.3) is 0 Å². The summed E-state index contributed by atoms with van der Waals surface area (Å²) < 4.78 is 25.3. The van der Waals surface area contributed by atoms with Gasteiger partial charge in [-0.15, -0.1) is 11.6 Å². The molecule has 0 radical (unpaired) electrons. The number of nitrogens with one attached hydrogen (secondary N) is 1. The Morgan fingerprint density at radius 2 is 1.76 bits per heavy atom. The number of hydrogen-bond donors (Lipinski definition) is 2. The number of sulfonamides is 1. The molecular formula is C11H22ClNO3S. The van der Waals surface area contributed by atoms with Gasteiger partial charge in [0.15, 0.2) is 0 Å². The first-order chi connectivity index (χ1) is 7.68. The fraction of sp³-hybridized carbons (Fsp3) is 1.00. The minimum Gasteiger partial charge on any atom is -0.389 e. The Morgan fingerprint density at radius 3 is 2.24 bits per heavy atom. The lowest BCUT2D eigenvalue weighted by molar-refractivity contribution is -0.0205. The Bertz CT molecular complexity index is 344. The summed E-state index contributed by atoms with van der Waals surface area (Å²) in [6.45, 7) is 4.44. The molecule has 17 heavy (non-hydrogen) atoms. The van der Waals surface area contributed by atoms with Crippen molar-refractivity contribution in [3.8, 4) is 0 Å². The van der Waals surface area contributed by atoms with E-state index < -0.39 is 15.6 Å². The minimum atomic E-state index is -3.34. The molecule has 0 bridgehead atoms. The molecule has 0 aliphatic heterocycles. The van der Waals surface area contributed by atoms with Gasteiger partial charge in [0.05, 0.1) is 11.4 Å². The maximum absolute atomic E-state index is 11.4. The Hall–Kier alpha value is 0.160. The lowest BCUT2D eigenvalue weighted by Gasteiger charge is -2.40. The summed E-state index contributed by atoms with van der Waals surface area (Å²) in [6.07, 6.45) is 3.12. The summed E-state index contributed by atoms with van der Waals surface area (Å²) in [5.74, 6) is -0.0308. The van der Waals surface area contributed by atoms with Crippen LogP contribution in [0.15, 0.2) is 0 Å². The van der Waals surface area contributed by atoms with Gasteiger partial charge in [-0.25, -0.2) is 13.1 Å². The van der Waals surface area contributed by atoms with E-state index in [1.54, 1.807) is 0 Å². The average Bonchev–Trinajstić information content (AvgIpc) is 2.21. The Morgan fingerprint density at radius 1 is 1.24 bits per heavy atom. The molecule has 0 aromatic heterocycles. The highest BCUT2D eigenvalue weighted by molar-refractivity contribution is 7.89. The van der Waals surface area contributed by atoms with Crippen molar-refractivity contribution in [3.05, 3.63) is 0 Å².